The van der Waals surface area contributed by atoms with Gasteiger partial charge in [-0.3, -0.25) is 14.6 Å². The van der Waals surface area contributed by atoms with Gasteiger partial charge in [-0.2, -0.15) is 0 Å². The second-order valence-electron chi connectivity index (χ2n) is 5.72. The fourth-order valence-corrected chi connectivity index (χ4v) is 3.14. The van der Waals surface area contributed by atoms with Crippen molar-refractivity contribution in [3.05, 3.63) is 30.1 Å². The molecule has 2 aliphatic rings. The minimum absolute atomic E-state index is 0.00169. The van der Waals surface area contributed by atoms with E-state index in [1.54, 1.807) is 16.0 Å². The highest BCUT2D eigenvalue weighted by molar-refractivity contribution is 6.52. The normalized spacial score (nSPS) is 23.3. The molecule has 1 saturated carbocycles. The third-order valence-electron chi connectivity index (χ3n) is 4.13. The highest BCUT2D eigenvalue weighted by atomic mass is 35.5. The molecule has 2 heterocycles. The van der Waals surface area contributed by atoms with E-state index in [1.807, 2.05) is 18.2 Å². The molecule has 1 aliphatic heterocycles. The molecule has 2 amide bonds. The summed E-state index contributed by atoms with van der Waals surface area (Å²) in [5.74, 6) is -0.241. The molecule has 1 aliphatic carbocycles. The first-order chi connectivity index (χ1) is 10.5. The molecule has 1 aromatic rings. The van der Waals surface area contributed by atoms with Crippen LogP contribution in [-0.4, -0.2) is 57.1 Å². The van der Waals surface area contributed by atoms with E-state index in [9.17, 15) is 9.59 Å². The minimum Gasteiger partial charge on any atom is -0.339 e. The van der Waals surface area contributed by atoms with Crippen molar-refractivity contribution in [1.29, 1.82) is 0 Å². The third kappa shape index (κ3) is 3.36. The van der Waals surface area contributed by atoms with Crippen molar-refractivity contribution in [1.82, 2.24) is 14.8 Å². The Kier molecular flexibility index (Phi) is 4.28. The van der Waals surface area contributed by atoms with Gasteiger partial charge in [0.15, 0.2) is 0 Å². The number of alkyl halides is 2. The van der Waals surface area contributed by atoms with Crippen LogP contribution >= 0.6 is 23.2 Å². The number of aromatic nitrogens is 1. The molecule has 0 bridgehead atoms. The van der Waals surface area contributed by atoms with Crippen molar-refractivity contribution in [3.63, 3.8) is 0 Å². The standard InChI is InChI=1S/C15H17Cl2N3O2/c16-15(17)10-12(15)14(22)20-7-5-19(6-8-20)13(21)9-11-3-1-2-4-18-11/h1-4,12H,5-10H2. The molecule has 0 spiro atoms. The lowest BCUT2D eigenvalue weighted by molar-refractivity contribution is -0.140. The Morgan fingerprint density at radius 2 is 1.82 bits per heavy atom. The van der Waals surface area contributed by atoms with Gasteiger partial charge in [0.05, 0.1) is 12.3 Å². The first-order valence-electron chi connectivity index (χ1n) is 7.32. The van der Waals surface area contributed by atoms with Crippen LogP contribution in [0, 0.1) is 5.92 Å². The zero-order chi connectivity index (χ0) is 15.7. The van der Waals surface area contributed by atoms with Gasteiger partial charge < -0.3 is 9.80 Å². The number of pyridine rings is 1. The number of rotatable bonds is 3. The maximum atomic E-state index is 12.2. The molecule has 22 heavy (non-hydrogen) atoms. The largest absolute Gasteiger partial charge is 0.339 e. The number of piperazine rings is 1. The molecule has 0 aromatic carbocycles. The molecule has 0 radical (unpaired) electrons. The SMILES string of the molecule is O=C(Cc1ccccn1)N1CCN(C(=O)C2CC2(Cl)Cl)CC1. The minimum atomic E-state index is -0.886. The zero-order valence-electron chi connectivity index (χ0n) is 12.0. The van der Waals surface area contributed by atoms with E-state index in [-0.39, 0.29) is 17.7 Å². The zero-order valence-corrected chi connectivity index (χ0v) is 13.6. The van der Waals surface area contributed by atoms with Gasteiger partial charge in [0.25, 0.3) is 0 Å². The summed E-state index contributed by atoms with van der Waals surface area (Å²) < 4.78 is -0.886. The van der Waals surface area contributed by atoms with Gasteiger partial charge in [-0.15, -0.1) is 23.2 Å². The van der Waals surface area contributed by atoms with Gasteiger partial charge in [-0.05, 0) is 18.6 Å². The van der Waals surface area contributed by atoms with Gasteiger partial charge in [0, 0.05) is 38.1 Å². The average molecular weight is 342 g/mol. The van der Waals surface area contributed by atoms with Crippen molar-refractivity contribution >= 4 is 35.0 Å². The van der Waals surface area contributed by atoms with Crippen molar-refractivity contribution in [2.24, 2.45) is 5.92 Å². The quantitative estimate of drug-likeness (QED) is 0.782. The highest BCUT2D eigenvalue weighted by Crippen LogP contribution is 2.53. The third-order valence-corrected chi connectivity index (χ3v) is 4.96. The highest BCUT2D eigenvalue weighted by Gasteiger charge is 2.57. The maximum absolute atomic E-state index is 12.2. The summed E-state index contributed by atoms with van der Waals surface area (Å²) in [6, 6.07) is 5.53. The molecule has 1 unspecified atom stereocenters. The van der Waals surface area contributed by atoms with Gasteiger partial charge in [-0.1, -0.05) is 6.07 Å². The number of halogens is 2. The van der Waals surface area contributed by atoms with Crippen LogP contribution in [0.2, 0.25) is 0 Å². The Morgan fingerprint density at radius 1 is 1.18 bits per heavy atom. The van der Waals surface area contributed by atoms with E-state index in [0.717, 1.165) is 5.69 Å². The van der Waals surface area contributed by atoms with Gasteiger partial charge >= 0.3 is 0 Å². The molecule has 0 N–H and O–H groups in total. The molecular formula is C15H17Cl2N3O2. The summed E-state index contributed by atoms with van der Waals surface area (Å²) in [7, 11) is 0. The van der Waals surface area contributed by atoms with Crippen molar-refractivity contribution < 1.29 is 9.59 Å². The van der Waals surface area contributed by atoms with E-state index >= 15 is 0 Å². The molecule has 1 saturated heterocycles. The Labute approximate surface area is 139 Å². The number of amides is 2. The van der Waals surface area contributed by atoms with E-state index < -0.39 is 4.33 Å². The topological polar surface area (TPSA) is 53.5 Å². The first-order valence-corrected chi connectivity index (χ1v) is 8.07. The summed E-state index contributed by atoms with van der Waals surface area (Å²) in [6.45, 7) is 2.16. The van der Waals surface area contributed by atoms with E-state index in [1.165, 1.54) is 0 Å². The fraction of sp³-hybridized carbons (Fsp3) is 0.533. The van der Waals surface area contributed by atoms with E-state index in [4.69, 9.17) is 23.2 Å². The molecule has 3 rings (SSSR count). The summed E-state index contributed by atoms with van der Waals surface area (Å²) >= 11 is 11.9. The average Bonchev–Trinajstić information content (AvgIpc) is 3.16. The van der Waals surface area contributed by atoms with Crippen LogP contribution in [0.4, 0.5) is 0 Å². The number of hydrogen-bond donors (Lipinski definition) is 0. The van der Waals surface area contributed by atoms with Gasteiger partial charge in [-0.25, -0.2) is 0 Å². The van der Waals surface area contributed by atoms with Crippen LogP contribution in [-0.2, 0) is 16.0 Å². The molecule has 7 heteroatoms. The Balaban J connectivity index is 1.49. The van der Waals surface area contributed by atoms with Crippen LogP contribution in [0.5, 0.6) is 0 Å². The molecule has 1 atom stereocenters. The molecule has 118 valence electrons. The Hall–Kier alpha value is -1.33. The Morgan fingerprint density at radius 3 is 2.36 bits per heavy atom. The molecule has 5 nitrogen and oxygen atoms in total. The number of carbonyl (C=O) groups is 2. The predicted octanol–water partition coefficient (Wildman–Crippen LogP) is 1.49. The number of nitrogens with zero attached hydrogens (tertiary/aromatic N) is 3. The number of hydrogen-bond acceptors (Lipinski definition) is 3. The lowest BCUT2D eigenvalue weighted by Crippen LogP contribution is -2.51. The van der Waals surface area contributed by atoms with E-state index in [0.29, 0.717) is 39.0 Å². The molecule has 2 fully saturated rings. The van der Waals surface area contributed by atoms with Crippen molar-refractivity contribution in [3.8, 4) is 0 Å². The fourth-order valence-electron chi connectivity index (χ4n) is 2.65. The second-order valence-corrected chi connectivity index (χ2v) is 7.26. The van der Waals surface area contributed by atoms with E-state index in [2.05, 4.69) is 4.98 Å². The maximum Gasteiger partial charge on any atom is 0.228 e. The summed E-state index contributed by atoms with van der Waals surface area (Å²) in [5.41, 5.74) is 0.762. The van der Waals surface area contributed by atoms with Crippen LogP contribution in [0.1, 0.15) is 12.1 Å². The van der Waals surface area contributed by atoms with Crippen molar-refractivity contribution in [2.45, 2.75) is 17.2 Å². The summed E-state index contributed by atoms with van der Waals surface area (Å²) in [4.78, 5) is 32.1. The van der Waals surface area contributed by atoms with Gasteiger partial charge in [0.2, 0.25) is 11.8 Å². The van der Waals surface area contributed by atoms with Crippen LogP contribution in [0.3, 0.4) is 0 Å². The molecular weight excluding hydrogens is 325 g/mol. The molecule has 1 aromatic heterocycles. The second kappa shape index (κ2) is 6.05. The van der Waals surface area contributed by atoms with Crippen LogP contribution in [0.25, 0.3) is 0 Å². The predicted molar refractivity (Wildman–Crippen MR) is 83.6 cm³/mol. The van der Waals surface area contributed by atoms with Gasteiger partial charge in [0.1, 0.15) is 4.33 Å². The summed E-state index contributed by atoms with van der Waals surface area (Å²) in [5, 5.41) is 0. The lowest BCUT2D eigenvalue weighted by Gasteiger charge is -2.35. The monoisotopic (exact) mass is 341 g/mol. The van der Waals surface area contributed by atoms with Crippen LogP contribution < -0.4 is 0 Å². The first kappa shape index (κ1) is 15.6. The number of carbonyl (C=O) groups excluding carboxylic acids is 2. The van der Waals surface area contributed by atoms with Crippen molar-refractivity contribution in [2.75, 3.05) is 26.2 Å². The summed E-state index contributed by atoms with van der Waals surface area (Å²) in [6.07, 6.45) is 2.50. The Bertz CT molecular complexity index is 571. The van der Waals surface area contributed by atoms with Crippen LogP contribution in [0.15, 0.2) is 24.4 Å². The smallest absolute Gasteiger partial charge is 0.228 e. The lowest BCUT2D eigenvalue weighted by atomic mass is 10.2.